The van der Waals surface area contributed by atoms with Crippen LogP contribution in [0.3, 0.4) is 0 Å². The van der Waals surface area contributed by atoms with Crippen LogP contribution in [0.15, 0.2) is 18.3 Å². The number of hydrogen-bond acceptors (Lipinski definition) is 6. The van der Waals surface area contributed by atoms with Crippen molar-refractivity contribution in [3.8, 4) is 5.82 Å². The molecule has 0 N–H and O–H groups in total. The number of aryl methyl sites for hydroxylation is 1. The molecule has 0 saturated heterocycles. The fraction of sp³-hybridized carbons (Fsp3) is 0.200. The first kappa shape index (κ1) is 12.6. The SMILES string of the molecule is Cc1nn(-c2ncccc2[N+](=O)[O-])c(C)c1[N+](=O)[O-]. The van der Waals surface area contributed by atoms with Gasteiger partial charge in [-0.3, -0.25) is 20.2 Å². The van der Waals surface area contributed by atoms with Crippen LogP contribution in [-0.2, 0) is 0 Å². The molecule has 0 atom stereocenters. The van der Waals surface area contributed by atoms with Gasteiger partial charge in [0.2, 0.25) is 5.82 Å². The molecule has 0 spiro atoms. The van der Waals surface area contributed by atoms with Gasteiger partial charge in [-0.2, -0.15) is 5.10 Å². The molecule has 2 heterocycles. The van der Waals surface area contributed by atoms with Crippen LogP contribution in [0, 0.1) is 34.1 Å². The number of aromatic nitrogens is 3. The summed E-state index contributed by atoms with van der Waals surface area (Å²) in [6.07, 6.45) is 1.37. The van der Waals surface area contributed by atoms with Crippen molar-refractivity contribution >= 4 is 11.4 Å². The first-order valence-corrected chi connectivity index (χ1v) is 5.24. The Morgan fingerprint density at radius 1 is 1.21 bits per heavy atom. The Bertz CT molecular complexity index is 679. The largest absolute Gasteiger partial charge is 0.313 e. The van der Waals surface area contributed by atoms with Gasteiger partial charge in [0.05, 0.1) is 9.85 Å². The Morgan fingerprint density at radius 2 is 1.89 bits per heavy atom. The highest BCUT2D eigenvalue weighted by Crippen LogP contribution is 2.27. The molecule has 0 bridgehead atoms. The van der Waals surface area contributed by atoms with Gasteiger partial charge in [0.1, 0.15) is 11.4 Å². The van der Waals surface area contributed by atoms with Gasteiger partial charge < -0.3 is 0 Å². The third-order valence-corrected chi connectivity index (χ3v) is 2.60. The summed E-state index contributed by atoms with van der Waals surface area (Å²) in [7, 11) is 0. The third kappa shape index (κ3) is 2.01. The van der Waals surface area contributed by atoms with Crippen LogP contribution in [-0.4, -0.2) is 24.6 Å². The molecule has 2 aromatic heterocycles. The number of pyridine rings is 1. The van der Waals surface area contributed by atoms with Crippen molar-refractivity contribution in [1.82, 2.24) is 14.8 Å². The van der Waals surface area contributed by atoms with Crippen molar-refractivity contribution in [2.45, 2.75) is 13.8 Å². The molecule has 0 aliphatic rings. The molecular weight excluding hydrogens is 254 g/mol. The summed E-state index contributed by atoms with van der Waals surface area (Å²) < 4.78 is 1.12. The molecule has 0 aromatic carbocycles. The molecular formula is C10H9N5O4. The van der Waals surface area contributed by atoms with Gasteiger partial charge in [0.25, 0.3) is 0 Å². The predicted molar refractivity (Wildman–Crippen MR) is 64.1 cm³/mol. The van der Waals surface area contributed by atoms with E-state index in [2.05, 4.69) is 10.1 Å². The summed E-state index contributed by atoms with van der Waals surface area (Å²) in [5.41, 5.74) is -0.0466. The summed E-state index contributed by atoms with van der Waals surface area (Å²) in [5, 5.41) is 25.8. The topological polar surface area (TPSA) is 117 Å². The minimum Gasteiger partial charge on any atom is -0.258 e. The van der Waals surface area contributed by atoms with E-state index in [1.165, 1.54) is 32.2 Å². The lowest BCUT2D eigenvalue weighted by atomic mass is 10.3. The molecule has 9 nitrogen and oxygen atoms in total. The molecule has 0 fully saturated rings. The van der Waals surface area contributed by atoms with Crippen LogP contribution in [0.25, 0.3) is 5.82 Å². The van der Waals surface area contributed by atoms with Gasteiger partial charge in [0, 0.05) is 12.3 Å². The lowest BCUT2D eigenvalue weighted by molar-refractivity contribution is -0.386. The van der Waals surface area contributed by atoms with E-state index in [4.69, 9.17) is 0 Å². The summed E-state index contributed by atoms with van der Waals surface area (Å²) in [6.45, 7) is 2.94. The van der Waals surface area contributed by atoms with E-state index >= 15 is 0 Å². The molecule has 0 saturated carbocycles. The first-order valence-electron chi connectivity index (χ1n) is 5.24. The average molecular weight is 263 g/mol. The molecule has 0 radical (unpaired) electrons. The number of nitrogens with zero attached hydrogens (tertiary/aromatic N) is 5. The molecule has 2 aromatic rings. The van der Waals surface area contributed by atoms with E-state index in [0.29, 0.717) is 0 Å². The van der Waals surface area contributed by atoms with E-state index < -0.39 is 9.85 Å². The Kier molecular flexibility index (Phi) is 2.95. The van der Waals surface area contributed by atoms with Crippen molar-refractivity contribution in [2.75, 3.05) is 0 Å². The van der Waals surface area contributed by atoms with Gasteiger partial charge in [-0.1, -0.05) is 0 Å². The summed E-state index contributed by atoms with van der Waals surface area (Å²) in [6, 6.07) is 2.69. The second kappa shape index (κ2) is 4.44. The van der Waals surface area contributed by atoms with Crippen molar-refractivity contribution in [3.05, 3.63) is 49.9 Å². The van der Waals surface area contributed by atoms with Gasteiger partial charge in [-0.05, 0) is 19.9 Å². The van der Waals surface area contributed by atoms with Crippen LogP contribution in [0.5, 0.6) is 0 Å². The zero-order valence-electron chi connectivity index (χ0n) is 10.1. The smallest absolute Gasteiger partial charge is 0.258 e. The standard InChI is InChI=1S/C10H9N5O4/c1-6-9(15(18)19)7(2)13(12-6)10-8(14(16)17)4-3-5-11-10/h3-5H,1-2H3. The zero-order valence-corrected chi connectivity index (χ0v) is 10.1. The minimum atomic E-state index is -0.607. The number of rotatable bonds is 3. The Balaban J connectivity index is 2.70. The van der Waals surface area contributed by atoms with Crippen molar-refractivity contribution in [3.63, 3.8) is 0 Å². The highest BCUT2D eigenvalue weighted by Gasteiger charge is 2.26. The maximum atomic E-state index is 10.9. The van der Waals surface area contributed by atoms with Crippen LogP contribution in [0.2, 0.25) is 0 Å². The fourth-order valence-electron chi connectivity index (χ4n) is 1.80. The maximum absolute atomic E-state index is 10.9. The summed E-state index contributed by atoms with van der Waals surface area (Å²) in [4.78, 5) is 24.5. The second-order valence-electron chi connectivity index (χ2n) is 3.79. The molecule has 9 heteroatoms. The minimum absolute atomic E-state index is 0.0406. The maximum Gasteiger partial charge on any atom is 0.313 e. The number of nitro groups is 2. The van der Waals surface area contributed by atoms with Gasteiger partial charge in [-0.15, -0.1) is 0 Å². The lowest BCUT2D eigenvalue weighted by Gasteiger charge is -2.02. The molecule has 0 amide bonds. The highest BCUT2D eigenvalue weighted by atomic mass is 16.6. The first-order chi connectivity index (χ1) is 8.93. The quantitative estimate of drug-likeness (QED) is 0.614. The van der Waals surface area contributed by atoms with Crippen LogP contribution in [0.1, 0.15) is 11.4 Å². The summed E-state index contributed by atoms with van der Waals surface area (Å²) in [5.74, 6) is -0.0406. The highest BCUT2D eigenvalue weighted by molar-refractivity contribution is 5.50. The molecule has 0 aliphatic heterocycles. The lowest BCUT2D eigenvalue weighted by Crippen LogP contribution is -2.06. The van der Waals surface area contributed by atoms with E-state index in [0.717, 1.165) is 4.68 Å². The Labute approximate surface area is 106 Å². The predicted octanol–water partition coefficient (Wildman–Crippen LogP) is 1.70. The van der Waals surface area contributed by atoms with E-state index in [1.807, 2.05) is 0 Å². The second-order valence-corrected chi connectivity index (χ2v) is 3.79. The monoisotopic (exact) mass is 263 g/mol. The number of hydrogen-bond donors (Lipinski definition) is 0. The Hall–Kier alpha value is -2.84. The van der Waals surface area contributed by atoms with Gasteiger partial charge in [0.15, 0.2) is 0 Å². The average Bonchev–Trinajstić information content (AvgIpc) is 2.64. The van der Waals surface area contributed by atoms with Gasteiger partial charge in [-0.25, -0.2) is 9.67 Å². The van der Waals surface area contributed by atoms with Crippen LogP contribution in [0.4, 0.5) is 11.4 Å². The molecule has 98 valence electrons. The fourth-order valence-corrected chi connectivity index (χ4v) is 1.80. The third-order valence-electron chi connectivity index (χ3n) is 2.60. The van der Waals surface area contributed by atoms with Crippen LogP contribution >= 0.6 is 0 Å². The van der Waals surface area contributed by atoms with Crippen LogP contribution < -0.4 is 0 Å². The van der Waals surface area contributed by atoms with Gasteiger partial charge >= 0.3 is 11.4 Å². The normalized spacial score (nSPS) is 10.4. The van der Waals surface area contributed by atoms with Crippen molar-refractivity contribution in [1.29, 1.82) is 0 Å². The molecule has 2 rings (SSSR count). The molecule has 0 unspecified atom stereocenters. The van der Waals surface area contributed by atoms with E-state index in [1.54, 1.807) is 0 Å². The summed E-state index contributed by atoms with van der Waals surface area (Å²) >= 11 is 0. The zero-order chi connectivity index (χ0) is 14.2. The van der Waals surface area contributed by atoms with Crippen molar-refractivity contribution < 1.29 is 9.85 Å². The Morgan fingerprint density at radius 3 is 2.42 bits per heavy atom. The van der Waals surface area contributed by atoms with E-state index in [-0.39, 0.29) is 28.6 Å². The molecule has 19 heavy (non-hydrogen) atoms. The van der Waals surface area contributed by atoms with Crippen molar-refractivity contribution in [2.24, 2.45) is 0 Å². The van der Waals surface area contributed by atoms with E-state index in [9.17, 15) is 20.2 Å². The molecule has 0 aliphatic carbocycles.